The standard InChI is InChI=1S/C42H49N2O14/c1-23(43-28-6-4-3-5-7-28)40(52)44-29(19-45)17-24-9-13-30(14-10-24)55-41-38(51)36(49)39(32(20-46)56-41)58-42-37(50)35(48)34(47)33(57-42)22-54-21-25-8-11-27-18-31(53-2)15-12-26(27)16-25/h3-16,18,23,29,32-39,41-43,46-51H,17,20-22H2,1-2H3,(H,44,52)/t23?,29-,32-,33-,34-,35+,36-,37+,38+,39-,41+,42-/m1/s1. The van der Waals surface area contributed by atoms with Gasteiger partial charge in [0, 0.05) is 12.1 Å². The maximum atomic E-state index is 12.7. The lowest BCUT2D eigenvalue weighted by Gasteiger charge is -2.46. The van der Waals surface area contributed by atoms with Gasteiger partial charge in [0.1, 0.15) is 66.4 Å². The molecule has 4 aromatic rings. The summed E-state index contributed by atoms with van der Waals surface area (Å²) in [5.74, 6) is 0.554. The Labute approximate surface area is 334 Å². The summed E-state index contributed by atoms with van der Waals surface area (Å²) in [5, 5.41) is 72.1. The monoisotopic (exact) mass is 805 g/mol. The van der Waals surface area contributed by atoms with E-state index >= 15 is 0 Å². The van der Waals surface area contributed by atoms with Gasteiger partial charge < -0.3 is 69.7 Å². The molecule has 2 fully saturated rings. The van der Waals surface area contributed by atoms with Gasteiger partial charge in [-0.1, -0.05) is 48.5 Å². The second-order valence-electron chi connectivity index (χ2n) is 14.3. The van der Waals surface area contributed by atoms with E-state index in [1.165, 1.54) is 12.1 Å². The van der Waals surface area contributed by atoms with Crippen molar-refractivity contribution in [3.05, 3.63) is 102 Å². The Morgan fingerprint density at radius 2 is 1.43 bits per heavy atom. The highest BCUT2D eigenvalue weighted by Crippen LogP contribution is 2.31. The van der Waals surface area contributed by atoms with Gasteiger partial charge in [-0.15, -0.1) is 0 Å². The number of aliphatic hydroxyl groups excluding tert-OH is 6. The summed E-state index contributed by atoms with van der Waals surface area (Å²) in [4.78, 5) is 24.4. The minimum absolute atomic E-state index is 0.134. The lowest BCUT2D eigenvalue weighted by atomic mass is 9.97. The number of fused-ring (bicyclic) bond motifs is 1. The summed E-state index contributed by atoms with van der Waals surface area (Å²) >= 11 is 0. The topological polar surface area (TPSA) is 235 Å². The second-order valence-corrected chi connectivity index (χ2v) is 14.3. The van der Waals surface area contributed by atoms with E-state index in [4.69, 9.17) is 28.4 Å². The molecular formula is C42H49N2O14. The number of carbonyl (C=O) groups excluding carboxylic acids is 2. The SMILES string of the molecule is COc1ccc2cc(COC[C@H]3O[C@H](O[C@H]4[C@H](O)[C@H](O)[C@@H](Oc5ccc(C[C@H]([C]=O)NC(=O)C(C)Nc6ccccc6)cc5)O[C@@H]4CO)[C@@H](O)[C@@H](O)[C@@H]3O)ccc2c1. The van der Waals surface area contributed by atoms with Gasteiger partial charge in [-0.3, -0.25) is 9.59 Å². The van der Waals surface area contributed by atoms with Crippen LogP contribution in [0.25, 0.3) is 10.8 Å². The molecule has 0 spiro atoms. The molecule has 8 N–H and O–H groups in total. The predicted molar refractivity (Wildman–Crippen MR) is 207 cm³/mol. The quantitative estimate of drug-likeness (QED) is 0.0735. The minimum atomic E-state index is -1.78. The number of benzene rings is 4. The Bertz CT molecular complexity index is 1930. The number of anilines is 1. The zero-order valence-electron chi connectivity index (χ0n) is 31.9. The van der Waals surface area contributed by atoms with Crippen molar-refractivity contribution in [1.82, 2.24) is 5.32 Å². The van der Waals surface area contributed by atoms with Crippen molar-refractivity contribution >= 4 is 28.7 Å². The number of para-hydroxylation sites is 1. The van der Waals surface area contributed by atoms with Crippen LogP contribution in [0.2, 0.25) is 0 Å². The number of rotatable bonds is 17. The molecule has 16 nitrogen and oxygen atoms in total. The van der Waals surface area contributed by atoms with Crippen LogP contribution in [0.3, 0.4) is 0 Å². The van der Waals surface area contributed by atoms with Gasteiger partial charge in [-0.05, 0) is 71.3 Å². The molecule has 0 saturated carbocycles. The molecule has 1 unspecified atom stereocenters. The third kappa shape index (κ3) is 10.5. The van der Waals surface area contributed by atoms with Crippen molar-refractivity contribution in [3.8, 4) is 11.5 Å². The number of hydrogen-bond acceptors (Lipinski definition) is 15. The lowest BCUT2D eigenvalue weighted by Crippen LogP contribution is -2.65. The van der Waals surface area contributed by atoms with Crippen LogP contribution in [0.4, 0.5) is 5.69 Å². The Kier molecular flexibility index (Phi) is 14.7. The number of methoxy groups -OCH3 is 1. The highest BCUT2D eigenvalue weighted by atomic mass is 16.7. The van der Waals surface area contributed by atoms with Crippen molar-refractivity contribution in [2.45, 2.75) is 93.4 Å². The van der Waals surface area contributed by atoms with Crippen LogP contribution in [0.1, 0.15) is 18.1 Å². The molecule has 0 aliphatic carbocycles. The molecule has 1 amide bonds. The maximum Gasteiger partial charge on any atom is 0.242 e. The van der Waals surface area contributed by atoms with Gasteiger partial charge >= 0.3 is 0 Å². The fourth-order valence-electron chi connectivity index (χ4n) is 6.77. The first-order valence-corrected chi connectivity index (χ1v) is 18.8. The first kappa shape index (κ1) is 42.9. The normalized spacial score (nSPS) is 28.3. The highest BCUT2D eigenvalue weighted by Gasteiger charge is 2.51. The van der Waals surface area contributed by atoms with E-state index in [1.807, 2.05) is 73.0 Å². The smallest absolute Gasteiger partial charge is 0.242 e. The number of nitrogens with one attached hydrogen (secondary N) is 2. The number of amides is 1. The van der Waals surface area contributed by atoms with Gasteiger partial charge in [-0.2, -0.15) is 0 Å². The van der Waals surface area contributed by atoms with Crippen molar-refractivity contribution in [2.75, 3.05) is 25.6 Å². The van der Waals surface area contributed by atoms with Crippen LogP contribution in [-0.2, 0) is 41.6 Å². The fourth-order valence-corrected chi connectivity index (χ4v) is 6.77. The van der Waals surface area contributed by atoms with Crippen molar-refractivity contribution in [1.29, 1.82) is 0 Å². The van der Waals surface area contributed by atoms with Crippen molar-refractivity contribution in [3.63, 3.8) is 0 Å². The molecular weight excluding hydrogens is 756 g/mol. The number of hydrogen-bond donors (Lipinski definition) is 8. The molecule has 58 heavy (non-hydrogen) atoms. The van der Waals surface area contributed by atoms with Gasteiger partial charge in [-0.25, -0.2) is 0 Å². The third-order valence-electron chi connectivity index (χ3n) is 10.1. The van der Waals surface area contributed by atoms with Gasteiger partial charge in [0.05, 0.1) is 33.0 Å². The van der Waals surface area contributed by atoms with Crippen LogP contribution in [0.15, 0.2) is 91.0 Å². The average molecular weight is 806 g/mol. The fraction of sp³-hybridized carbons (Fsp3) is 0.429. The number of aliphatic hydroxyl groups is 6. The summed E-state index contributed by atoms with van der Waals surface area (Å²) in [6, 6.07) is 25.4. The third-order valence-corrected chi connectivity index (χ3v) is 10.1. The second kappa shape index (κ2) is 19.8. The Balaban J connectivity index is 1.01. The van der Waals surface area contributed by atoms with Gasteiger partial charge in [0.2, 0.25) is 18.5 Å². The summed E-state index contributed by atoms with van der Waals surface area (Å²) in [5.41, 5.74) is 2.25. The maximum absolute atomic E-state index is 12.7. The zero-order valence-corrected chi connectivity index (χ0v) is 31.9. The minimum Gasteiger partial charge on any atom is -0.497 e. The largest absolute Gasteiger partial charge is 0.497 e. The van der Waals surface area contributed by atoms with E-state index in [2.05, 4.69) is 10.6 Å². The molecule has 16 heteroatoms. The molecule has 2 heterocycles. The van der Waals surface area contributed by atoms with Crippen LogP contribution in [0.5, 0.6) is 11.5 Å². The molecule has 2 aliphatic heterocycles. The van der Waals surface area contributed by atoms with E-state index in [9.17, 15) is 40.2 Å². The Morgan fingerprint density at radius 1 is 0.776 bits per heavy atom. The van der Waals surface area contributed by atoms with Gasteiger partial charge in [0.25, 0.3) is 0 Å². The molecule has 0 bridgehead atoms. The Hall–Kier alpha value is -4.72. The van der Waals surface area contributed by atoms with Crippen LogP contribution >= 0.6 is 0 Å². The van der Waals surface area contributed by atoms with Gasteiger partial charge in [0.15, 0.2) is 6.29 Å². The molecule has 6 rings (SSSR count). The lowest BCUT2D eigenvalue weighted by molar-refractivity contribution is -0.353. The first-order chi connectivity index (χ1) is 28.0. The molecule has 4 aromatic carbocycles. The molecule has 2 aliphatic rings. The summed E-state index contributed by atoms with van der Waals surface area (Å²) in [6.45, 7) is 0.901. The van der Waals surface area contributed by atoms with Crippen molar-refractivity contribution < 1.29 is 68.6 Å². The van der Waals surface area contributed by atoms with Crippen LogP contribution in [0, 0.1) is 0 Å². The average Bonchev–Trinajstić information content (AvgIpc) is 3.24. The molecule has 0 aromatic heterocycles. The van der Waals surface area contributed by atoms with E-state index in [1.54, 1.807) is 26.2 Å². The van der Waals surface area contributed by atoms with Crippen LogP contribution < -0.4 is 20.1 Å². The zero-order chi connectivity index (χ0) is 41.3. The Morgan fingerprint density at radius 3 is 2.14 bits per heavy atom. The van der Waals surface area contributed by atoms with E-state index in [-0.39, 0.29) is 31.3 Å². The molecule has 1 radical (unpaired) electrons. The van der Waals surface area contributed by atoms with E-state index in [0.29, 0.717) is 5.56 Å². The molecule has 311 valence electrons. The van der Waals surface area contributed by atoms with E-state index in [0.717, 1.165) is 27.8 Å². The van der Waals surface area contributed by atoms with Crippen molar-refractivity contribution in [2.24, 2.45) is 0 Å². The molecule has 2 saturated heterocycles. The predicted octanol–water partition coefficient (Wildman–Crippen LogP) is 0.713. The van der Waals surface area contributed by atoms with Crippen LogP contribution in [-0.4, -0.2) is 137 Å². The summed E-state index contributed by atoms with van der Waals surface area (Å²) < 4.78 is 34.3. The number of carbonyl (C=O) groups is 1. The molecule has 12 atom stereocenters. The number of ether oxygens (including phenoxy) is 6. The summed E-state index contributed by atoms with van der Waals surface area (Å²) in [6.07, 6.45) is -13.6. The first-order valence-electron chi connectivity index (χ1n) is 18.8. The summed E-state index contributed by atoms with van der Waals surface area (Å²) in [7, 11) is 1.59. The van der Waals surface area contributed by atoms with E-state index < -0.39 is 80.1 Å². The highest BCUT2D eigenvalue weighted by molar-refractivity contribution is 5.86.